The summed E-state index contributed by atoms with van der Waals surface area (Å²) >= 11 is 0. The number of ether oxygens (including phenoxy) is 4. The molecule has 0 saturated carbocycles. The number of amides is 1. The van der Waals surface area contributed by atoms with Crippen molar-refractivity contribution in [2.24, 2.45) is 0 Å². The Kier molecular flexibility index (Phi) is 17.2. The predicted octanol–water partition coefficient (Wildman–Crippen LogP) is 8.02. The van der Waals surface area contributed by atoms with E-state index in [1.807, 2.05) is 13.8 Å². The standard InChI is InChI=1S/C34H47NO7/c1-4-7-10-11-12-13-16-25-39-28-21-19-27(20-22-28)33(37)35-29-17-14-15-18-30(29)42-31(34(38)41-24-9-6-3)26-32(36)40-23-8-5-2/h14-15,17-22,26H,4-13,16,23-25H2,1-3H3,(H,35,37)/b31-26-. The molecule has 0 atom stereocenters. The van der Waals surface area contributed by atoms with Crippen LogP contribution in [0.5, 0.6) is 11.5 Å². The van der Waals surface area contributed by atoms with Crippen LogP contribution in [0.25, 0.3) is 0 Å². The van der Waals surface area contributed by atoms with Crippen LogP contribution in [0.1, 0.15) is 102 Å². The van der Waals surface area contributed by atoms with E-state index in [9.17, 15) is 14.4 Å². The summed E-state index contributed by atoms with van der Waals surface area (Å²) in [6, 6.07) is 13.6. The minimum absolute atomic E-state index is 0.181. The second-order valence-corrected chi connectivity index (χ2v) is 10.1. The Hall–Kier alpha value is -3.81. The van der Waals surface area contributed by atoms with Gasteiger partial charge in [-0.3, -0.25) is 4.79 Å². The molecule has 230 valence electrons. The summed E-state index contributed by atoms with van der Waals surface area (Å²) in [7, 11) is 0. The van der Waals surface area contributed by atoms with Crippen molar-refractivity contribution in [1.82, 2.24) is 0 Å². The van der Waals surface area contributed by atoms with Gasteiger partial charge in [0.1, 0.15) is 5.75 Å². The molecule has 2 aromatic carbocycles. The average Bonchev–Trinajstić information content (AvgIpc) is 2.99. The maximum Gasteiger partial charge on any atom is 0.374 e. The van der Waals surface area contributed by atoms with E-state index < -0.39 is 11.9 Å². The first kappa shape index (κ1) is 34.4. The number of para-hydroxylation sites is 2. The molecule has 0 aromatic heterocycles. The maximum atomic E-state index is 13.0. The van der Waals surface area contributed by atoms with Crippen molar-refractivity contribution in [2.75, 3.05) is 25.1 Å². The summed E-state index contributed by atoms with van der Waals surface area (Å²) < 4.78 is 22.1. The fourth-order valence-corrected chi connectivity index (χ4v) is 3.90. The Morgan fingerprint density at radius 2 is 1.31 bits per heavy atom. The van der Waals surface area contributed by atoms with E-state index in [-0.39, 0.29) is 30.6 Å². The van der Waals surface area contributed by atoms with Crippen LogP contribution < -0.4 is 14.8 Å². The van der Waals surface area contributed by atoms with Gasteiger partial charge in [-0.25, -0.2) is 9.59 Å². The fraction of sp³-hybridized carbons (Fsp3) is 0.500. The monoisotopic (exact) mass is 581 g/mol. The van der Waals surface area contributed by atoms with Crippen molar-refractivity contribution in [3.8, 4) is 11.5 Å². The molecule has 0 aliphatic carbocycles. The average molecular weight is 582 g/mol. The van der Waals surface area contributed by atoms with Crippen LogP contribution in [0.2, 0.25) is 0 Å². The number of hydrogen-bond acceptors (Lipinski definition) is 7. The second-order valence-electron chi connectivity index (χ2n) is 10.1. The third kappa shape index (κ3) is 13.7. The first-order chi connectivity index (χ1) is 20.5. The van der Waals surface area contributed by atoms with E-state index in [1.165, 1.54) is 32.1 Å². The molecule has 0 heterocycles. The molecule has 2 aromatic rings. The van der Waals surface area contributed by atoms with Crippen LogP contribution in [0.4, 0.5) is 5.69 Å². The van der Waals surface area contributed by atoms with E-state index in [4.69, 9.17) is 18.9 Å². The van der Waals surface area contributed by atoms with Crippen LogP contribution in [0.15, 0.2) is 60.4 Å². The number of nitrogens with one attached hydrogen (secondary N) is 1. The summed E-state index contributed by atoms with van der Waals surface area (Å²) in [5.41, 5.74) is 0.760. The zero-order valence-corrected chi connectivity index (χ0v) is 25.5. The topological polar surface area (TPSA) is 100 Å². The minimum Gasteiger partial charge on any atom is -0.494 e. The molecule has 1 N–H and O–H groups in total. The molecule has 0 bridgehead atoms. The van der Waals surface area contributed by atoms with Crippen LogP contribution >= 0.6 is 0 Å². The molecule has 42 heavy (non-hydrogen) atoms. The molecule has 0 saturated heterocycles. The molecule has 8 heteroatoms. The Labute approximate surface area is 250 Å². The summed E-state index contributed by atoms with van der Waals surface area (Å²) in [6.07, 6.45) is 12.6. The highest BCUT2D eigenvalue weighted by atomic mass is 16.6. The zero-order chi connectivity index (χ0) is 30.4. The van der Waals surface area contributed by atoms with Crippen LogP contribution in [-0.4, -0.2) is 37.7 Å². The highest BCUT2D eigenvalue weighted by molar-refractivity contribution is 6.05. The van der Waals surface area contributed by atoms with Gasteiger partial charge >= 0.3 is 11.9 Å². The first-order valence-electron chi connectivity index (χ1n) is 15.3. The molecular formula is C34H47NO7. The van der Waals surface area contributed by atoms with E-state index in [0.29, 0.717) is 36.4 Å². The minimum atomic E-state index is -0.788. The quantitative estimate of drug-likeness (QED) is 0.0689. The number of esters is 2. The lowest BCUT2D eigenvalue weighted by Crippen LogP contribution is -2.18. The van der Waals surface area contributed by atoms with E-state index in [2.05, 4.69) is 12.2 Å². The van der Waals surface area contributed by atoms with Gasteiger partial charge in [0, 0.05) is 5.56 Å². The molecule has 0 aliphatic heterocycles. The number of benzene rings is 2. The second kappa shape index (κ2) is 21.0. The molecule has 0 aliphatic rings. The van der Waals surface area contributed by atoms with Gasteiger partial charge in [-0.05, 0) is 55.7 Å². The van der Waals surface area contributed by atoms with Gasteiger partial charge in [0.15, 0.2) is 5.75 Å². The van der Waals surface area contributed by atoms with Crippen LogP contribution in [-0.2, 0) is 19.1 Å². The van der Waals surface area contributed by atoms with E-state index in [1.54, 1.807) is 48.5 Å². The van der Waals surface area contributed by atoms with E-state index in [0.717, 1.165) is 31.8 Å². The highest BCUT2D eigenvalue weighted by Gasteiger charge is 2.19. The van der Waals surface area contributed by atoms with Gasteiger partial charge in [0.25, 0.3) is 5.91 Å². The zero-order valence-electron chi connectivity index (χ0n) is 25.5. The molecule has 8 nitrogen and oxygen atoms in total. The smallest absolute Gasteiger partial charge is 0.374 e. The number of hydrogen-bond donors (Lipinski definition) is 1. The van der Waals surface area contributed by atoms with Crippen molar-refractivity contribution in [2.45, 2.75) is 91.4 Å². The number of carbonyl (C=O) groups is 3. The van der Waals surface area contributed by atoms with Gasteiger partial charge in [0.2, 0.25) is 5.76 Å². The normalized spacial score (nSPS) is 11.1. The lowest BCUT2D eigenvalue weighted by Gasteiger charge is -2.14. The van der Waals surface area contributed by atoms with Crippen molar-refractivity contribution >= 4 is 23.5 Å². The van der Waals surface area contributed by atoms with Crippen molar-refractivity contribution in [3.05, 3.63) is 65.9 Å². The lowest BCUT2D eigenvalue weighted by atomic mass is 10.1. The Balaban J connectivity index is 2.01. The highest BCUT2D eigenvalue weighted by Crippen LogP contribution is 2.27. The number of rotatable bonds is 21. The number of carbonyl (C=O) groups excluding carboxylic acids is 3. The Morgan fingerprint density at radius 3 is 2.00 bits per heavy atom. The lowest BCUT2D eigenvalue weighted by molar-refractivity contribution is -0.143. The maximum absolute atomic E-state index is 13.0. The largest absolute Gasteiger partial charge is 0.494 e. The summed E-state index contributed by atoms with van der Waals surface area (Å²) in [5, 5.41) is 2.82. The van der Waals surface area contributed by atoms with Crippen LogP contribution in [0, 0.1) is 0 Å². The van der Waals surface area contributed by atoms with Crippen molar-refractivity contribution < 1.29 is 33.3 Å². The SMILES string of the molecule is CCCCCCCCCOc1ccc(C(=O)Nc2ccccc2O/C(=C\C(=O)OCCCC)C(=O)OCCCC)cc1. The number of anilines is 1. The molecule has 0 unspecified atom stereocenters. The van der Waals surface area contributed by atoms with Crippen molar-refractivity contribution in [1.29, 1.82) is 0 Å². The summed E-state index contributed by atoms with van der Waals surface area (Å²) in [6.45, 7) is 7.25. The molecular weight excluding hydrogens is 534 g/mol. The van der Waals surface area contributed by atoms with Crippen LogP contribution in [0.3, 0.4) is 0 Å². The molecule has 2 rings (SSSR count). The molecule has 0 spiro atoms. The van der Waals surface area contributed by atoms with E-state index >= 15 is 0 Å². The van der Waals surface area contributed by atoms with Gasteiger partial charge < -0.3 is 24.3 Å². The summed E-state index contributed by atoms with van der Waals surface area (Å²) in [4.78, 5) is 38.0. The van der Waals surface area contributed by atoms with Crippen molar-refractivity contribution in [3.63, 3.8) is 0 Å². The van der Waals surface area contributed by atoms with Gasteiger partial charge in [-0.15, -0.1) is 0 Å². The Bertz CT molecular complexity index is 1110. The third-order valence-electron chi connectivity index (χ3n) is 6.41. The number of unbranched alkanes of at least 4 members (excludes halogenated alkanes) is 8. The fourth-order valence-electron chi connectivity index (χ4n) is 3.90. The summed E-state index contributed by atoms with van der Waals surface area (Å²) in [5.74, 6) is -1.29. The predicted molar refractivity (Wildman–Crippen MR) is 165 cm³/mol. The first-order valence-corrected chi connectivity index (χ1v) is 15.3. The van der Waals surface area contributed by atoms with Gasteiger partial charge in [-0.1, -0.05) is 84.3 Å². The molecule has 0 radical (unpaired) electrons. The van der Waals surface area contributed by atoms with Gasteiger partial charge in [-0.2, -0.15) is 0 Å². The van der Waals surface area contributed by atoms with Gasteiger partial charge in [0.05, 0.1) is 31.6 Å². The molecule has 0 fully saturated rings. The Morgan fingerprint density at radius 1 is 0.690 bits per heavy atom. The third-order valence-corrected chi connectivity index (χ3v) is 6.41. The molecule has 1 amide bonds.